The predicted octanol–water partition coefficient (Wildman–Crippen LogP) is 4.76. The average Bonchev–Trinajstić information content (AvgIpc) is 2.58. The fraction of sp³-hybridized carbons (Fsp3) is 0.200. The summed E-state index contributed by atoms with van der Waals surface area (Å²) in [6.07, 6.45) is 1.58. The van der Waals surface area contributed by atoms with Gasteiger partial charge in [-0.25, -0.2) is 9.97 Å². The van der Waals surface area contributed by atoms with Crippen molar-refractivity contribution < 1.29 is 0 Å². The van der Waals surface area contributed by atoms with E-state index >= 15 is 0 Å². The lowest BCUT2D eigenvalue weighted by atomic mass is 10.1. The molecule has 2 N–H and O–H groups in total. The second-order valence-corrected chi connectivity index (χ2v) is 5.96. The molecule has 4 nitrogen and oxygen atoms in total. The van der Waals surface area contributed by atoms with Crippen LogP contribution in [0.4, 0.5) is 17.3 Å². The molecule has 0 fully saturated rings. The van der Waals surface area contributed by atoms with Gasteiger partial charge >= 0.3 is 0 Å². The fourth-order valence-electron chi connectivity index (χ4n) is 2.66. The van der Waals surface area contributed by atoms with Crippen LogP contribution in [0.25, 0.3) is 0 Å². The molecule has 3 aromatic rings. The first-order valence-corrected chi connectivity index (χ1v) is 8.07. The van der Waals surface area contributed by atoms with Crippen molar-refractivity contribution in [2.75, 3.05) is 10.6 Å². The van der Waals surface area contributed by atoms with E-state index in [2.05, 4.69) is 83.8 Å². The molecule has 122 valence electrons. The minimum atomic E-state index is 0.743. The van der Waals surface area contributed by atoms with E-state index in [9.17, 15) is 0 Å². The van der Waals surface area contributed by atoms with Gasteiger partial charge in [-0.2, -0.15) is 0 Å². The van der Waals surface area contributed by atoms with E-state index in [0.717, 1.165) is 23.9 Å². The van der Waals surface area contributed by atoms with Crippen LogP contribution in [-0.2, 0) is 6.54 Å². The summed E-state index contributed by atoms with van der Waals surface area (Å²) < 4.78 is 0. The van der Waals surface area contributed by atoms with Crippen LogP contribution in [0.2, 0.25) is 0 Å². The minimum absolute atomic E-state index is 0.743. The predicted molar refractivity (Wildman–Crippen MR) is 99.7 cm³/mol. The maximum atomic E-state index is 4.33. The van der Waals surface area contributed by atoms with Gasteiger partial charge in [-0.3, -0.25) is 0 Å². The van der Waals surface area contributed by atoms with Gasteiger partial charge in [-0.1, -0.05) is 42.5 Å². The average molecular weight is 318 g/mol. The molecular weight excluding hydrogens is 296 g/mol. The van der Waals surface area contributed by atoms with Crippen LogP contribution < -0.4 is 10.6 Å². The van der Waals surface area contributed by atoms with E-state index in [1.165, 1.54) is 22.3 Å². The molecular formula is C20H22N4. The van der Waals surface area contributed by atoms with Crippen molar-refractivity contribution in [3.63, 3.8) is 0 Å². The molecule has 0 saturated heterocycles. The number of aryl methyl sites for hydroxylation is 3. The molecule has 0 bridgehead atoms. The van der Waals surface area contributed by atoms with Gasteiger partial charge in [0.05, 0.1) is 0 Å². The number of nitrogens with one attached hydrogen (secondary N) is 2. The molecule has 3 rings (SSSR count). The lowest BCUT2D eigenvalue weighted by Crippen LogP contribution is -2.05. The van der Waals surface area contributed by atoms with Gasteiger partial charge in [-0.05, 0) is 43.0 Å². The van der Waals surface area contributed by atoms with Crippen LogP contribution in [0.1, 0.15) is 22.3 Å². The summed E-state index contributed by atoms with van der Waals surface area (Å²) in [7, 11) is 0. The Morgan fingerprint density at radius 1 is 0.792 bits per heavy atom. The first-order chi connectivity index (χ1) is 11.6. The number of anilines is 3. The number of hydrogen-bond acceptors (Lipinski definition) is 4. The summed E-state index contributed by atoms with van der Waals surface area (Å²) in [4.78, 5) is 8.64. The summed E-state index contributed by atoms with van der Waals surface area (Å²) in [5, 5.41) is 6.77. The van der Waals surface area contributed by atoms with Crippen molar-refractivity contribution in [1.29, 1.82) is 0 Å². The quantitative estimate of drug-likeness (QED) is 0.712. The maximum Gasteiger partial charge on any atom is 0.135 e. The second kappa shape index (κ2) is 7.13. The SMILES string of the molecule is Cc1ccccc1CNc1cc(Nc2c(C)cccc2C)ncn1. The number of benzene rings is 2. The molecule has 1 aromatic heterocycles. The molecule has 4 heteroatoms. The van der Waals surface area contributed by atoms with E-state index in [0.29, 0.717) is 0 Å². The Balaban J connectivity index is 1.74. The number of hydrogen-bond donors (Lipinski definition) is 2. The van der Waals surface area contributed by atoms with Gasteiger partial charge in [-0.15, -0.1) is 0 Å². The van der Waals surface area contributed by atoms with Crippen molar-refractivity contribution >= 4 is 17.3 Å². The standard InChI is InChI=1S/C20H22N4/c1-14-7-4-5-10-17(14)12-21-18-11-19(23-13-22-18)24-20-15(2)8-6-9-16(20)3/h4-11,13H,12H2,1-3H3,(H2,21,22,23,24). The molecule has 1 heterocycles. The monoisotopic (exact) mass is 318 g/mol. The first kappa shape index (κ1) is 16.0. The van der Waals surface area contributed by atoms with E-state index in [1.807, 2.05) is 6.07 Å². The van der Waals surface area contributed by atoms with Crippen LogP contribution in [0.5, 0.6) is 0 Å². The largest absolute Gasteiger partial charge is 0.366 e. The summed E-state index contributed by atoms with van der Waals surface area (Å²) in [5.41, 5.74) is 6.03. The minimum Gasteiger partial charge on any atom is -0.366 e. The number of rotatable bonds is 5. The lowest BCUT2D eigenvalue weighted by Gasteiger charge is -2.13. The lowest BCUT2D eigenvalue weighted by molar-refractivity contribution is 1.07. The maximum absolute atomic E-state index is 4.33. The van der Waals surface area contributed by atoms with Gasteiger partial charge in [0, 0.05) is 18.3 Å². The number of aromatic nitrogens is 2. The molecule has 24 heavy (non-hydrogen) atoms. The van der Waals surface area contributed by atoms with Gasteiger partial charge in [0.25, 0.3) is 0 Å². The highest BCUT2D eigenvalue weighted by Gasteiger charge is 2.05. The second-order valence-electron chi connectivity index (χ2n) is 5.96. The Kier molecular flexibility index (Phi) is 4.75. The molecule has 0 aliphatic heterocycles. The first-order valence-electron chi connectivity index (χ1n) is 8.07. The van der Waals surface area contributed by atoms with Gasteiger partial charge in [0.1, 0.15) is 18.0 Å². The Morgan fingerprint density at radius 3 is 2.21 bits per heavy atom. The zero-order chi connectivity index (χ0) is 16.9. The zero-order valence-electron chi connectivity index (χ0n) is 14.3. The highest BCUT2D eigenvalue weighted by Crippen LogP contribution is 2.24. The Hall–Kier alpha value is -2.88. The molecule has 0 amide bonds. The summed E-state index contributed by atoms with van der Waals surface area (Å²) in [5.74, 6) is 1.59. The van der Waals surface area contributed by atoms with E-state index in [-0.39, 0.29) is 0 Å². The van der Waals surface area contributed by atoms with Gasteiger partial charge in [0.15, 0.2) is 0 Å². The van der Waals surface area contributed by atoms with Crippen LogP contribution in [0, 0.1) is 20.8 Å². The van der Waals surface area contributed by atoms with Gasteiger partial charge in [0.2, 0.25) is 0 Å². The van der Waals surface area contributed by atoms with Crippen molar-refractivity contribution in [3.8, 4) is 0 Å². The van der Waals surface area contributed by atoms with Crippen LogP contribution in [-0.4, -0.2) is 9.97 Å². The molecule has 0 radical (unpaired) electrons. The third kappa shape index (κ3) is 3.71. The van der Waals surface area contributed by atoms with Crippen LogP contribution >= 0.6 is 0 Å². The summed E-state index contributed by atoms with van der Waals surface area (Å²) >= 11 is 0. The molecule has 0 aliphatic rings. The molecule has 2 aromatic carbocycles. The normalized spacial score (nSPS) is 10.5. The van der Waals surface area contributed by atoms with E-state index in [4.69, 9.17) is 0 Å². The highest BCUT2D eigenvalue weighted by atomic mass is 15.1. The Labute approximate surface area is 143 Å². The molecule has 0 aliphatic carbocycles. The smallest absolute Gasteiger partial charge is 0.135 e. The topological polar surface area (TPSA) is 49.8 Å². The molecule has 0 unspecified atom stereocenters. The van der Waals surface area contributed by atoms with Crippen LogP contribution in [0.3, 0.4) is 0 Å². The number of nitrogens with zero attached hydrogens (tertiary/aromatic N) is 2. The molecule has 0 spiro atoms. The van der Waals surface area contributed by atoms with Crippen molar-refractivity contribution in [2.24, 2.45) is 0 Å². The number of para-hydroxylation sites is 1. The zero-order valence-corrected chi connectivity index (χ0v) is 14.3. The van der Waals surface area contributed by atoms with E-state index < -0.39 is 0 Å². The Morgan fingerprint density at radius 2 is 1.46 bits per heavy atom. The van der Waals surface area contributed by atoms with Crippen LogP contribution in [0.15, 0.2) is 54.9 Å². The summed E-state index contributed by atoms with van der Waals surface area (Å²) in [6.45, 7) is 7.04. The van der Waals surface area contributed by atoms with Crippen molar-refractivity contribution in [2.45, 2.75) is 27.3 Å². The third-order valence-corrected chi connectivity index (χ3v) is 4.12. The molecule has 0 atom stereocenters. The highest BCUT2D eigenvalue weighted by molar-refractivity contribution is 5.65. The summed E-state index contributed by atoms with van der Waals surface area (Å²) in [6, 6.07) is 16.5. The third-order valence-electron chi connectivity index (χ3n) is 4.12. The van der Waals surface area contributed by atoms with E-state index in [1.54, 1.807) is 6.33 Å². The fourth-order valence-corrected chi connectivity index (χ4v) is 2.66. The van der Waals surface area contributed by atoms with Gasteiger partial charge < -0.3 is 10.6 Å². The Bertz CT molecular complexity index is 822. The van der Waals surface area contributed by atoms with Crippen molar-refractivity contribution in [3.05, 3.63) is 77.1 Å². The van der Waals surface area contributed by atoms with Crippen molar-refractivity contribution in [1.82, 2.24) is 9.97 Å². The molecule has 0 saturated carbocycles.